The van der Waals surface area contributed by atoms with Crippen LogP contribution in [0.1, 0.15) is 16.7 Å². The number of nitro groups is 1. The van der Waals surface area contributed by atoms with Crippen LogP contribution >= 0.6 is 11.6 Å². The van der Waals surface area contributed by atoms with Crippen LogP contribution in [0.3, 0.4) is 0 Å². The van der Waals surface area contributed by atoms with Gasteiger partial charge in [-0.15, -0.1) is 0 Å². The summed E-state index contributed by atoms with van der Waals surface area (Å²) in [6.45, 7) is 3.04. The number of halogens is 1. The highest BCUT2D eigenvalue weighted by Crippen LogP contribution is 2.25. The molecular formula is C15H15ClN2O2. The number of nitro benzene ring substituents is 1. The van der Waals surface area contributed by atoms with Gasteiger partial charge in [0.1, 0.15) is 0 Å². The summed E-state index contributed by atoms with van der Waals surface area (Å²) in [6.07, 6.45) is 0. The van der Waals surface area contributed by atoms with Crippen molar-refractivity contribution in [1.82, 2.24) is 5.32 Å². The predicted molar refractivity (Wildman–Crippen MR) is 79.8 cm³/mol. The standard InChI is InChI=1S/C15H15ClN2O2/c1-11-5-7-12(8-6-11)9-17-10-13-14(16)3-2-4-15(13)18(19)20/h2-8,17H,9-10H2,1H3. The van der Waals surface area contributed by atoms with Crippen molar-refractivity contribution < 1.29 is 4.92 Å². The Morgan fingerprint density at radius 1 is 1.15 bits per heavy atom. The molecule has 0 atom stereocenters. The number of benzene rings is 2. The van der Waals surface area contributed by atoms with Crippen molar-refractivity contribution in [1.29, 1.82) is 0 Å². The van der Waals surface area contributed by atoms with Gasteiger partial charge in [-0.1, -0.05) is 47.5 Å². The van der Waals surface area contributed by atoms with Gasteiger partial charge in [0, 0.05) is 19.2 Å². The zero-order valence-corrected chi connectivity index (χ0v) is 11.9. The maximum Gasteiger partial charge on any atom is 0.275 e. The second-order valence-electron chi connectivity index (χ2n) is 4.58. The highest BCUT2D eigenvalue weighted by Gasteiger charge is 2.15. The predicted octanol–water partition coefficient (Wildman–Crippen LogP) is 3.85. The van der Waals surface area contributed by atoms with E-state index in [1.165, 1.54) is 11.6 Å². The Bertz CT molecular complexity index is 612. The lowest BCUT2D eigenvalue weighted by Crippen LogP contribution is -2.14. The third kappa shape index (κ3) is 3.56. The van der Waals surface area contributed by atoms with E-state index >= 15 is 0 Å². The Kier molecular flexibility index (Phi) is 4.71. The fraction of sp³-hybridized carbons (Fsp3) is 0.200. The van der Waals surface area contributed by atoms with E-state index in [0.717, 1.165) is 5.56 Å². The van der Waals surface area contributed by atoms with E-state index in [4.69, 9.17) is 11.6 Å². The summed E-state index contributed by atoms with van der Waals surface area (Å²) >= 11 is 6.03. The second-order valence-corrected chi connectivity index (χ2v) is 4.99. The van der Waals surface area contributed by atoms with Crippen LogP contribution < -0.4 is 5.32 Å². The van der Waals surface area contributed by atoms with E-state index in [-0.39, 0.29) is 5.69 Å². The van der Waals surface area contributed by atoms with Crippen LogP contribution in [-0.4, -0.2) is 4.92 Å². The monoisotopic (exact) mass is 290 g/mol. The van der Waals surface area contributed by atoms with Crippen LogP contribution in [-0.2, 0) is 13.1 Å². The highest BCUT2D eigenvalue weighted by atomic mass is 35.5. The molecule has 4 nitrogen and oxygen atoms in total. The Morgan fingerprint density at radius 2 is 1.85 bits per heavy atom. The van der Waals surface area contributed by atoms with E-state index in [0.29, 0.717) is 23.7 Å². The Morgan fingerprint density at radius 3 is 2.50 bits per heavy atom. The molecule has 0 bridgehead atoms. The summed E-state index contributed by atoms with van der Waals surface area (Å²) in [5.74, 6) is 0. The van der Waals surface area contributed by atoms with Gasteiger partial charge >= 0.3 is 0 Å². The molecule has 1 N–H and O–H groups in total. The first-order chi connectivity index (χ1) is 9.58. The molecule has 2 aromatic rings. The molecule has 2 rings (SSSR count). The lowest BCUT2D eigenvalue weighted by Gasteiger charge is -2.08. The van der Waals surface area contributed by atoms with Crippen molar-refractivity contribution in [3.63, 3.8) is 0 Å². The van der Waals surface area contributed by atoms with Gasteiger partial charge in [-0.05, 0) is 18.6 Å². The van der Waals surface area contributed by atoms with Crippen molar-refractivity contribution >= 4 is 17.3 Å². The maximum absolute atomic E-state index is 11.0. The summed E-state index contributed by atoms with van der Waals surface area (Å²) in [5.41, 5.74) is 2.90. The summed E-state index contributed by atoms with van der Waals surface area (Å²) in [7, 11) is 0. The molecule has 104 valence electrons. The smallest absolute Gasteiger partial charge is 0.275 e. The third-order valence-corrected chi connectivity index (χ3v) is 3.40. The van der Waals surface area contributed by atoms with Gasteiger partial charge in [-0.2, -0.15) is 0 Å². The molecule has 0 spiro atoms. The van der Waals surface area contributed by atoms with Crippen LogP contribution in [0, 0.1) is 17.0 Å². The lowest BCUT2D eigenvalue weighted by molar-refractivity contribution is -0.385. The van der Waals surface area contributed by atoms with Crippen LogP contribution in [0.25, 0.3) is 0 Å². The van der Waals surface area contributed by atoms with Gasteiger partial charge in [0.25, 0.3) is 5.69 Å². The van der Waals surface area contributed by atoms with Crippen molar-refractivity contribution in [3.8, 4) is 0 Å². The van der Waals surface area contributed by atoms with Gasteiger partial charge in [0.05, 0.1) is 15.5 Å². The zero-order chi connectivity index (χ0) is 14.5. The molecule has 0 radical (unpaired) electrons. The van der Waals surface area contributed by atoms with Crippen molar-refractivity contribution in [2.24, 2.45) is 0 Å². The number of hydrogen-bond acceptors (Lipinski definition) is 3. The van der Waals surface area contributed by atoms with Crippen molar-refractivity contribution in [2.75, 3.05) is 0 Å². The quantitative estimate of drug-likeness (QED) is 0.672. The van der Waals surface area contributed by atoms with Gasteiger partial charge in [-0.25, -0.2) is 0 Å². The number of rotatable bonds is 5. The van der Waals surface area contributed by atoms with E-state index < -0.39 is 4.92 Å². The Hall–Kier alpha value is -1.91. The Balaban J connectivity index is 2.04. The van der Waals surface area contributed by atoms with E-state index in [9.17, 15) is 10.1 Å². The summed E-state index contributed by atoms with van der Waals surface area (Å²) in [6, 6.07) is 12.9. The van der Waals surface area contributed by atoms with Crippen LogP contribution in [0.4, 0.5) is 5.69 Å². The minimum absolute atomic E-state index is 0.0499. The summed E-state index contributed by atoms with van der Waals surface area (Å²) in [4.78, 5) is 10.6. The molecule has 5 heteroatoms. The molecule has 0 fully saturated rings. The molecule has 0 saturated heterocycles. The summed E-state index contributed by atoms with van der Waals surface area (Å²) in [5, 5.41) is 14.6. The highest BCUT2D eigenvalue weighted by molar-refractivity contribution is 6.31. The van der Waals surface area contributed by atoms with Gasteiger partial charge < -0.3 is 5.32 Å². The van der Waals surface area contributed by atoms with E-state index in [2.05, 4.69) is 5.32 Å². The first-order valence-corrected chi connectivity index (χ1v) is 6.64. The molecule has 0 aliphatic carbocycles. The molecule has 0 aliphatic rings. The molecule has 0 aromatic heterocycles. The zero-order valence-electron chi connectivity index (χ0n) is 11.1. The molecule has 0 aliphatic heterocycles. The van der Waals surface area contributed by atoms with Crippen LogP contribution in [0.2, 0.25) is 5.02 Å². The molecule has 20 heavy (non-hydrogen) atoms. The fourth-order valence-corrected chi connectivity index (χ4v) is 2.17. The van der Waals surface area contributed by atoms with Gasteiger partial charge in [0.2, 0.25) is 0 Å². The molecule has 0 heterocycles. The maximum atomic E-state index is 11.0. The van der Waals surface area contributed by atoms with E-state index in [1.54, 1.807) is 12.1 Å². The van der Waals surface area contributed by atoms with Crippen LogP contribution in [0.5, 0.6) is 0 Å². The van der Waals surface area contributed by atoms with Crippen molar-refractivity contribution in [2.45, 2.75) is 20.0 Å². The molecule has 0 saturated carbocycles. The molecule has 0 amide bonds. The lowest BCUT2D eigenvalue weighted by atomic mass is 10.1. The average molecular weight is 291 g/mol. The molecular weight excluding hydrogens is 276 g/mol. The SMILES string of the molecule is Cc1ccc(CNCc2c(Cl)cccc2[N+](=O)[O-])cc1. The number of nitrogens with zero attached hydrogens (tertiary/aromatic N) is 1. The topological polar surface area (TPSA) is 55.2 Å². The largest absolute Gasteiger partial charge is 0.308 e. The van der Waals surface area contributed by atoms with Crippen LogP contribution in [0.15, 0.2) is 42.5 Å². The molecule has 2 aromatic carbocycles. The third-order valence-electron chi connectivity index (χ3n) is 3.04. The first kappa shape index (κ1) is 14.5. The first-order valence-electron chi connectivity index (χ1n) is 6.26. The van der Waals surface area contributed by atoms with Gasteiger partial charge in [0.15, 0.2) is 0 Å². The average Bonchev–Trinajstić information content (AvgIpc) is 2.42. The summed E-state index contributed by atoms with van der Waals surface area (Å²) < 4.78 is 0. The second kappa shape index (κ2) is 6.50. The number of hydrogen-bond donors (Lipinski definition) is 1. The number of nitrogens with one attached hydrogen (secondary N) is 1. The van der Waals surface area contributed by atoms with Gasteiger partial charge in [-0.3, -0.25) is 10.1 Å². The fourth-order valence-electron chi connectivity index (χ4n) is 1.93. The Labute approximate surface area is 122 Å². The normalized spacial score (nSPS) is 10.5. The minimum Gasteiger partial charge on any atom is -0.308 e. The number of aryl methyl sites for hydroxylation is 1. The molecule has 0 unspecified atom stereocenters. The minimum atomic E-state index is -0.408. The van der Waals surface area contributed by atoms with Crippen molar-refractivity contribution in [3.05, 3.63) is 74.3 Å². The van der Waals surface area contributed by atoms with E-state index in [1.807, 2.05) is 31.2 Å².